The van der Waals surface area contributed by atoms with Crippen molar-refractivity contribution in [1.29, 1.82) is 0 Å². The highest BCUT2D eigenvalue weighted by Crippen LogP contribution is 2.22. The van der Waals surface area contributed by atoms with E-state index in [-0.39, 0.29) is 17.2 Å². The summed E-state index contributed by atoms with van der Waals surface area (Å²) >= 11 is 1.23. The highest BCUT2D eigenvalue weighted by Gasteiger charge is 2.21. The lowest BCUT2D eigenvalue weighted by Crippen LogP contribution is -2.29. The lowest BCUT2D eigenvalue weighted by molar-refractivity contribution is -0.113. The second-order valence-corrected chi connectivity index (χ2v) is 8.49. The molecule has 172 valence electrons. The van der Waals surface area contributed by atoms with Gasteiger partial charge >= 0.3 is 0 Å². The number of halogens is 1. The van der Waals surface area contributed by atoms with Crippen molar-refractivity contribution in [3.63, 3.8) is 0 Å². The average Bonchev–Trinajstić information content (AvgIpc) is 3.18. The van der Waals surface area contributed by atoms with Crippen LogP contribution in [0.5, 0.6) is 0 Å². The Labute approximate surface area is 196 Å². The van der Waals surface area contributed by atoms with Crippen LogP contribution >= 0.6 is 11.8 Å². The Kier molecular flexibility index (Phi) is 8.00. The third-order valence-corrected chi connectivity index (χ3v) is 6.00. The van der Waals surface area contributed by atoms with Gasteiger partial charge in [-0.1, -0.05) is 36.0 Å². The highest BCUT2D eigenvalue weighted by atomic mass is 32.2. The van der Waals surface area contributed by atoms with Crippen molar-refractivity contribution < 1.29 is 14.0 Å². The summed E-state index contributed by atoms with van der Waals surface area (Å²) in [5.74, 6) is -0.690. The van der Waals surface area contributed by atoms with Gasteiger partial charge in [0.15, 0.2) is 11.0 Å². The molecule has 9 heteroatoms. The monoisotopic (exact) mass is 467 g/mol. The van der Waals surface area contributed by atoms with Gasteiger partial charge in [0.2, 0.25) is 5.91 Å². The number of anilines is 1. The summed E-state index contributed by atoms with van der Waals surface area (Å²) in [4.78, 5) is 24.9. The molecule has 33 heavy (non-hydrogen) atoms. The number of aryl methyl sites for hydroxylation is 2. The molecule has 0 fully saturated rings. The molecule has 1 aromatic heterocycles. The highest BCUT2D eigenvalue weighted by molar-refractivity contribution is 7.99. The van der Waals surface area contributed by atoms with Crippen molar-refractivity contribution >= 4 is 29.3 Å². The average molecular weight is 468 g/mol. The lowest BCUT2D eigenvalue weighted by Gasteiger charge is -2.15. The minimum Gasteiger partial charge on any atom is -0.342 e. The van der Waals surface area contributed by atoms with E-state index in [0.717, 1.165) is 16.8 Å². The van der Waals surface area contributed by atoms with Crippen LogP contribution in [0.15, 0.2) is 60.3 Å². The van der Waals surface area contributed by atoms with Crippen LogP contribution in [-0.2, 0) is 11.3 Å². The molecule has 0 aliphatic carbocycles. The summed E-state index contributed by atoms with van der Waals surface area (Å²) in [5.41, 5.74) is 2.95. The molecule has 2 N–H and O–H groups in total. The molecule has 1 unspecified atom stereocenters. The van der Waals surface area contributed by atoms with E-state index in [1.54, 1.807) is 23.6 Å². The fourth-order valence-electron chi connectivity index (χ4n) is 3.16. The van der Waals surface area contributed by atoms with Gasteiger partial charge in [-0.2, -0.15) is 0 Å². The molecule has 0 saturated heterocycles. The predicted octanol–water partition coefficient (Wildman–Crippen LogP) is 4.44. The van der Waals surface area contributed by atoms with Crippen LogP contribution in [-0.4, -0.2) is 32.3 Å². The summed E-state index contributed by atoms with van der Waals surface area (Å²) in [5, 5.41) is 14.5. The van der Waals surface area contributed by atoms with Crippen LogP contribution in [0.25, 0.3) is 0 Å². The summed E-state index contributed by atoms with van der Waals surface area (Å²) in [6, 6.07) is 11.0. The first-order chi connectivity index (χ1) is 15.8. The number of aromatic nitrogens is 3. The summed E-state index contributed by atoms with van der Waals surface area (Å²) in [6.07, 6.45) is 1.68. The molecule has 3 rings (SSSR count). The molecule has 0 saturated carbocycles. The number of benzene rings is 2. The molecule has 0 bridgehead atoms. The van der Waals surface area contributed by atoms with Crippen molar-refractivity contribution in [1.82, 2.24) is 20.1 Å². The third kappa shape index (κ3) is 6.07. The molecule has 0 spiro atoms. The molecule has 1 heterocycles. The van der Waals surface area contributed by atoms with Crippen molar-refractivity contribution in [2.45, 2.75) is 38.5 Å². The van der Waals surface area contributed by atoms with E-state index in [1.807, 2.05) is 32.0 Å². The van der Waals surface area contributed by atoms with Crippen molar-refractivity contribution in [2.24, 2.45) is 0 Å². The Balaban J connectivity index is 1.67. The Morgan fingerprint density at radius 1 is 1.18 bits per heavy atom. The van der Waals surface area contributed by atoms with Gasteiger partial charge < -0.3 is 15.2 Å². The van der Waals surface area contributed by atoms with E-state index >= 15 is 0 Å². The molecule has 0 aliphatic rings. The first-order valence-corrected chi connectivity index (χ1v) is 11.4. The van der Waals surface area contributed by atoms with E-state index in [0.29, 0.717) is 17.5 Å². The molecule has 7 nitrogen and oxygen atoms in total. The minimum absolute atomic E-state index is 0.0447. The number of allylic oxidation sites excluding steroid dienone is 1. The number of nitrogens with one attached hydrogen (secondary N) is 2. The van der Waals surface area contributed by atoms with E-state index in [4.69, 9.17) is 0 Å². The number of hydrogen-bond acceptors (Lipinski definition) is 5. The SMILES string of the molecule is C=CCn1c(SCC(=O)Nc2ccc(C)c(C)c2)nnc1C(C)NC(=O)c1ccccc1F. The zero-order valence-corrected chi connectivity index (χ0v) is 19.6. The van der Waals surface area contributed by atoms with Gasteiger partial charge in [0.25, 0.3) is 5.91 Å². The second kappa shape index (κ2) is 10.9. The van der Waals surface area contributed by atoms with E-state index < -0.39 is 17.8 Å². The maximum absolute atomic E-state index is 13.9. The number of nitrogens with zero attached hydrogens (tertiary/aromatic N) is 3. The fraction of sp³-hybridized carbons (Fsp3) is 0.250. The van der Waals surface area contributed by atoms with E-state index in [9.17, 15) is 14.0 Å². The zero-order valence-electron chi connectivity index (χ0n) is 18.8. The normalized spacial score (nSPS) is 11.6. The largest absolute Gasteiger partial charge is 0.342 e. The van der Waals surface area contributed by atoms with Gasteiger partial charge in [-0.25, -0.2) is 4.39 Å². The molecule has 0 aliphatic heterocycles. The lowest BCUT2D eigenvalue weighted by atomic mass is 10.1. The maximum Gasteiger partial charge on any atom is 0.254 e. The number of carbonyl (C=O) groups is 2. The van der Waals surface area contributed by atoms with Gasteiger partial charge in [-0.3, -0.25) is 9.59 Å². The first kappa shape index (κ1) is 24.2. The van der Waals surface area contributed by atoms with Gasteiger partial charge in [-0.05, 0) is 56.2 Å². The number of carbonyl (C=O) groups excluding carboxylic acids is 2. The van der Waals surface area contributed by atoms with Gasteiger partial charge in [0, 0.05) is 12.2 Å². The molecule has 2 aromatic carbocycles. The molecule has 1 atom stereocenters. The summed E-state index contributed by atoms with van der Waals surface area (Å²) in [6.45, 7) is 9.90. The van der Waals surface area contributed by atoms with Gasteiger partial charge in [0.1, 0.15) is 5.82 Å². The van der Waals surface area contributed by atoms with Crippen molar-refractivity contribution in [3.8, 4) is 0 Å². The topological polar surface area (TPSA) is 88.9 Å². The molecule has 3 aromatic rings. The first-order valence-electron chi connectivity index (χ1n) is 10.4. The number of thioether (sulfide) groups is 1. The smallest absolute Gasteiger partial charge is 0.254 e. The molecular weight excluding hydrogens is 441 g/mol. The number of rotatable bonds is 9. The van der Waals surface area contributed by atoms with Crippen molar-refractivity contribution in [2.75, 3.05) is 11.1 Å². The van der Waals surface area contributed by atoms with E-state index in [2.05, 4.69) is 27.4 Å². The molecular formula is C24H26FN5O2S. The Hall–Kier alpha value is -3.46. The van der Waals surface area contributed by atoms with Crippen LogP contribution < -0.4 is 10.6 Å². The van der Waals surface area contributed by atoms with Crippen LogP contribution in [0.3, 0.4) is 0 Å². The van der Waals surface area contributed by atoms with Crippen LogP contribution in [0.4, 0.5) is 10.1 Å². The summed E-state index contributed by atoms with van der Waals surface area (Å²) < 4.78 is 15.7. The molecule has 0 radical (unpaired) electrons. The fourth-order valence-corrected chi connectivity index (χ4v) is 3.91. The van der Waals surface area contributed by atoms with Gasteiger partial charge in [0.05, 0.1) is 17.4 Å². The standard InChI is InChI=1S/C24H26FN5O2S/c1-5-12-30-22(17(4)26-23(32)19-8-6-7-9-20(19)25)28-29-24(30)33-14-21(31)27-18-11-10-15(2)16(3)13-18/h5-11,13,17H,1,12,14H2,2-4H3,(H,26,32)(H,27,31). The quantitative estimate of drug-likeness (QED) is 0.359. The second-order valence-electron chi connectivity index (χ2n) is 7.55. The van der Waals surface area contributed by atoms with Crippen LogP contribution in [0.1, 0.15) is 40.3 Å². The number of amides is 2. The van der Waals surface area contributed by atoms with Crippen LogP contribution in [0.2, 0.25) is 0 Å². The summed E-state index contributed by atoms with van der Waals surface area (Å²) in [7, 11) is 0. The zero-order chi connectivity index (χ0) is 24.0. The van der Waals surface area contributed by atoms with Gasteiger partial charge in [-0.15, -0.1) is 16.8 Å². The van der Waals surface area contributed by atoms with E-state index in [1.165, 1.54) is 30.0 Å². The number of hydrogen-bond donors (Lipinski definition) is 2. The Bertz CT molecular complexity index is 1180. The van der Waals surface area contributed by atoms with Crippen LogP contribution in [0, 0.1) is 19.7 Å². The maximum atomic E-state index is 13.9. The minimum atomic E-state index is -0.596. The third-order valence-electron chi connectivity index (χ3n) is 5.03. The predicted molar refractivity (Wildman–Crippen MR) is 128 cm³/mol. The van der Waals surface area contributed by atoms with Crippen molar-refractivity contribution in [3.05, 3.63) is 83.5 Å². The molecule has 2 amide bonds. The Morgan fingerprint density at radius 2 is 1.94 bits per heavy atom. The Morgan fingerprint density at radius 3 is 2.64 bits per heavy atom.